The van der Waals surface area contributed by atoms with Gasteiger partial charge >= 0.3 is 6.09 Å². The summed E-state index contributed by atoms with van der Waals surface area (Å²) in [6, 6.07) is 4.47. The second-order valence-corrected chi connectivity index (χ2v) is 8.05. The van der Waals surface area contributed by atoms with E-state index in [-0.39, 0.29) is 12.5 Å². The molecule has 2 amide bonds. The molecule has 2 N–H and O–H groups in total. The Labute approximate surface area is 165 Å². The summed E-state index contributed by atoms with van der Waals surface area (Å²) in [5.41, 5.74) is -0.117. The highest BCUT2D eigenvalue weighted by Crippen LogP contribution is 2.31. The van der Waals surface area contributed by atoms with Gasteiger partial charge in [0, 0.05) is 12.6 Å². The molecule has 154 valence electrons. The van der Waals surface area contributed by atoms with Crippen molar-refractivity contribution in [2.45, 2.75) is 45.3 Å². The van der Waals surface area contributed by atoms with Gasteiger partial charge in [-0.3, -0.25) is 9.69 Å². The van der Waals surface area contributed by atoms with E-state index in [1.807, 2.05) is 6.07 Å². The van der Waals surface area contributed by atoms with Crippen molar-refractivity contribution in [1.29, 1.82) is 0 Å². The Morgan fingerprint density at radius 3 is 2.79 bits per heavy atom. The number of fused-ring (bicyclic) bond motifs is 1. The molecule has 8 nitrogen and oxygen atoms in total. The molecule has 0 aliphatic carbocycles. The first-order valence-electron chi connectivity index (χ1n) is 9.72. The van der Waals surface area contributed by atoms with Gasteiger partial charge < -0.3 is 24.8 Å². The lowest BCUT2D eigenvalue weighted by Gasteiger charge is -2.22. The topological polar surface area (TPSA) is 89.1 Å². The third-order valence-corrected chi connectivity index (χ3v) is 4.50. The van der Waals surface area contributed by atoms with Crippen LogP contribution in [0.15, 0.2) is 18.2 Å². The third-order valence-electron chi connectivity index (χ3n) is 4.50. The number of carbonyl (C=O) groups excluding carboxylic acids is 2. The number of alkyl carbamates (subject to hydrolysis) is 1. The van der Waals surface area contributed by atoms with Crippen LogP contribution in [-0.2, 0) is 9.53 Å². The number of rotatable bonds is 5. The lowest BCUT2D eigenvalue weighted by atomic mass is 10.2. The standard InChI is InChI=1S/C20H29N3O5/c1-20(2,3)28-19(25)22-16-13-27-17-7-6-14(12-15(17)21-18(16)24)26-11-10-23-8-4-5-9-23/h6-7,12,16H,4-5,8-11,13H2,1-3H3,(H,21,24)(H,22,25)/t16-/m0/s1. The largest absolute Gasteiger partial charge is 0.492 e. The van der Waals surface area contributed by atoms with E-state index in [0.29, 0.717) is 23.8 Å². The fourth-order valence-corrected chi connectivity index (χ4v) is 3.15. The van der Waals surface area contributed by atoms with Crippen LogP contribution in [0, 0.1) is 0 Å². The molecule has 2 heterocycles. The third kappa shape index (κ3) is 5.76. The van der Waals surface area contributed by atoms with Crippen molar-refractivity contribution in [2.24, 2.45) is 0 Å². The van der Waals surface area contributed by atoms with Crippen molar-refractivity contribution in [1.82, 2.24) is 10.2 Å². The van der Waals surface area contributed by atoms with Crippen LogP contribution in [0.1, 0.15) is 33.6 Å². The van der Waals surface area contributed by atoms with Crippen LogP contribution in [-0.4, -0.2) is 61.4 Å². The highest BCUT2D eigenvalue weighted by atomic mass is 16.6. The molecule has 0 unspecified atom stereocenters. The maximum atomic E-state index is 12.5. The van der Waals surface area contributed by atoms with Crippen LogP contribution in [0.3, 0.4) is 0 Å². The number of likely N-dealkylation sites (tertiary alicyclic amines) is 1. The molecule has 2 aliphatic rings. The number of hydrogen-bond acceptors (Lipinski definition) is 6. The van der Waals surface area contributed by atoms with Crippen LogP contribution in [0.4, 0.5) is 10.5 Å². The fourth-order valence-electron chi connectivity index (χ4n) is 3.15. The highest BCUT2D eigenvalue weighted by Gasteiger charge is 2.28. The zero-order valence-corrected chi connectivity index (χ0v) is 16.7. The number of anilines is 1. The average Bonchev–Trinajstić information content (AvgIpc) is 3.06. The van der Waals surface area contributed by atoms with Gasteiger partial charge in [0.25, 0.3) is 5.91 Å². The molecular weight excluding hydrogens is 362 g/mol. The molecule has 8 heteroatoms. The first-order chi connectivity index (χ1) is 13.3. The summed E-state index contributed by atoms with van der Waals surface area (Å²) in [5.74, 6) is 0.841. The van der Waals surface area contributed by atoms with Gasteiger partial charge in [-0.05, 0) is 58.8 Å². The Morgan fingerprint density at radius 2 is 2.07 bits per heavy atom. The maximum Gasteiger partial charge on any atom is 0.408 e. The van der Waals surface area contributed by atoms with Crippen LogP contribution < -0.4 is 20.1 Å². The molecule has 1 aromatic rings. The predicted molar refractivity (Wildman–Crippen MR) is 105 cm³/mol. The van der Waals surface area contributed by atoms with Gasteiger partial charge in [-0.2, -0.15) is 0 Å². The number of ether oxygens (including phenoxy) is 3. The second kappa shape index (κ2) is 8.68. The van der Waals surface area contributed by atoms with Gasteiger partial charge in [-0.15, -0.1) is 0 Å². The molecule has 0 saturated carbocycles. The summed E-state index contributed by atoms with van der Waals surface area (Å²) in [7, 11) is 0. The van der Waals surface area contributed by atoms with E-state index in [1.54, 1.807) is 32.9 Å². The SMILES string of the molecule is CC(C)(C)OC(=O)N[C@H]1COc2ccc(OCCN3CCCC3)cc2NC1=O. The minimum absolute atomic E-state index is 0.0211. The van der Waals surface area contributed by atoms with Crippen molar-refractivity contribution in [2.75, 3.05) is 38.2 Å². The lowest BCUT2D eigenvalue weighted by Crippen LogP contribution is -2.48. The molecule has 0 bridgehead atoms. The van der Waals surface area contributed by atoms with E-state index in [9.17, 15) is 9.59 Å². The maximum absolute atomic E-state index is 12.5. The summed E-state index contributed by atoms with van der Waals surface area (Å²) in [4.78, 5) is 26.8. The lowest BCUT2D eigenvalue weighted by molar-refractivity contribution is -0.118. The summed E-state index contributed by atoms with van der Waals surface area (Å²) < 4.78 is 16.7. The van der Waals surface area contributed by atoms with Crippen molar-refractivity contribution in [3.63, 3.8) is 0 Å². The Morgan fingerprint density at radius 1 is 1.32 bits per heavy atom. The first kappa shape index (κ1) is 20.3. The number of benzene rings is 1. The van der Waals surface area contributed by atoms with E-state index in [4.69, 9.17) is 14.2 Å². The van der Waals surface area contributed by atoms with Crippen LogP contribution >= 0.6 is 0 Å². The van der Waals surface area contributed by atoms with Gasteiger partial charge in [-0.25, -0.2) is 4.79 Å². The molecule has 28 heavy (non-hydrogen) atoms. The molecule has 1 saturated heterocycles. The van der Waals surface area contributed by atoms with Crippen LogP contribution in [0.25, 0.3) is 0 Å². The number of nitrogens with zero attached hydrogens (tertiary/aromatic N) is 1. The molecule has 2 aliphatic heterocycles. The summed E-state index contributed by atoms with van der Waals surface area (Å²) >= 11 is 0. The smallest absolute Gasteiger partial charge is 0.408 e. The Bertz CT molecular complexity index is 710. The van der Waals surface area contributed by atoms with E-state index < -0.39 is 17.7 Å². The van der Waals surface area contributed by atoms with Gasteiger partial charge in [0.05, 0.1) is 5.69 Å². The summed E-state index contributed by atoms with van der Waals surface area (Å²) in [6.45, 7) is 9.05. The average molecular weight is 391 g/mol. The fraction of sp³-hybridized carbons (Fsp3) is 0.600. The first-order valence-corrected chi connectivity index (χ1v) is 9.72. The van der Waals surface area contributed by atoms with Gasteiger partial charge in [0.1, 0.15) is 36.4 Å². The summed E-state index contributed by atoms with van der Waals surface area (Å²) in [5, 5.41) is 5.33. The molecule has 0 radical (unpaired) electrons. The number of nitrogens with one attached hydrogen (secondary N) is 2. The Balaban J connectivity index is 1.55. The molecule has 0 spiro atoms. The molecule has 1 aromatic carbocycles. The normalized spacial score (nSPS) is 19.8. The van der Waals surface area contributed by atoms with Gasteiger partial charge in [0.2, 0.25) is 0 Å². The minimum atomic E-state index is -0.846. The Hall–Kier alpha value is -2.48. The van der Waals surface area contributed by atoms with Crippen LogP contribution in [0.2, 0.25) is 0 Å². The predicted octanol–water partition coefficient (Wildman–Crippen LogP) is 2.39. The zero-order chi connectivity index (χ0) is 20.1. The highest BCUT2D eigenvalue weighted by molar-refractivity contribution is 5.98. The van der Waals surface area contributed by atoms with Crippen molar-refractivity contribution in [3.05, 3.63) is 18.2 Å². The number of hydrogen-bond donors (Lipinski definition) is 2. The monoisotopic (exact) mass is 391 g/mol. The second-order valence-electron chi connectivity index (χ2n) is 8.05. The number of carbonyl (C=O) groups is 2. The molecule has 0 aromatic heterocycles. The molecule has 1 fully saturated rings. The van der Waals surface area contributed by atoms with E-state index >= 15 is 0 Å². The summed E-state index contributed by atoms with van der Waals surface area (Å²) in [6.07, 6.45) is 1.84. The Kier molecular flexibility index (Phi) is 6.28. The molecule has 3 rings (SSSR count). The van der Waals surface area contributed by atoms with Crippen molar-refractivity contribution in [3.8, 4) is 11.5 Å². The van der Waals surface area contributed by atoms with E-state index in [2.05, 4.69) is 15.5 Å². The number of amides is 2. The van der Waals surface area contributed by atoms with Crippen molar-refractivity contribution >= 4 is 17.7 Å². The molecular formula is C20H29N3O5. The zero-order valence-electron chi connectivity index (χ0n) is 16.7. The quantitative estimate of drug-likeness (QED) is 0.801. The molecule has 1 atom stereocenters. The minimum Gasteiger partial charge on any atom is -0.492 e. The van der Waals surface area contributed by atoms with Crippen molar-refractivity contribution < 1.29 is 23.8 Å². The van der Waals surface area contributed by atoms with Crippen LogP contribution in [0.5, 0.6) is 11.5 Å². The van der Waals surface area contributed by atoms with Gasteiger partial charge in [0.15, 0.2) is 0 Å². The van der Waals surface area contributed by atoms with Gasteiger partial charge in [-0.1, -0.05) is 0 Å². The van der Waals surface area contributed by atoms with E-state index in [0.717, 1.165) is 19.6 Å². The van der Waals surface area contributed by atoms with E-state index in [1.165, 1.54) is 12.8 Å².